The van der Waals surface area contributed by atoms with Gasteiger partial charge in [0.05, 0.1) is 12.0 Å². The molecule has 5 nitrogen and oxygen atoms in total. The quantitative estimate of drug-likeness (QED) is 0.636. The fourth-order valence-corrected chi connectivity index (χ4v) is 2.56. The Kier molecular flexibility index (Phi) is 8.57. The lowest BCUT2D eigenvalue weighted by molar-refractivity contribution is 0.129. The molecule has 0 bridgehead atoms. The average Bonchev–Trinajstić information content (AvgIpc) is 2.85. The number of unbranched alkanes of at least 4 members (excludes halogenated alkanes) is 1. The summed E-state index contributed by atoms with van der Waals surface area (Å²) in [6.07, 6.45) is 3.38. The van der Waals surface area contributed by atoms with Gasteiger partial charge in [0.25, 0.3) is 0 Å². The van der Waals surface area contributed by atoms with Crippen molar-refractivity contribution in [2.45, 2.75) is 32.7 Å². The van der Waals surface area contributed by atoms with Crippen molar-refractivity contribution < 1.29 is 9.47 Å². The van der Waals surface area contributed by atoms with Crippen LogP contribution < -0.4 is 15.0 Å². The molecule has 0 aliphatic carbocycles. The Bertz CT molecular complexity index is 369. The normalized spacial score (nSPS) is 10.8. The molecule has 20 heavy (non-hydrogen) atoms. The fourth-order valence-electron chi connectivity index (χ4n) is 1.64. The molecule has 0 radical (unpaired) electrons. The largest absolute Gasteiger partial charge is 0.480 e. The van der Waals surface area contributed by atoms with Gasteiger partial charge in [-0.15, -0.1) is 0 Å². The van der Waals surface area contributed by atoms with E-state index in [0.29, 0.717) is 0 Å². The van der Waals surface area contributed by atoms with E-state index in [1.807, 2.05) is 19.0 Å². The second-order valence-electron chi connectivity index (χ2n) is 4.82. The van der Waals surface area contributed by atoms with Crippen LogP contribution in [0.15, 0.2) is 0 Å². The van der Waals surface area contributed by atoms with E-state index in [1.165, 1.54) is 6.42 Å². The maximum atomic E-state index is 5.53. The molecule has 0 aromatic carbocycles. The molecule has 0 atom stereocenters. The Labute approximate surface area is 126 Å². The van der Waals surface area contributed by atoms with Gasteiger partial charge in [-0.2, -0.15) is 4.98 Å². The molecule has 1 aromatic heterocycles. The number of hydrogen-bond acceptors (Lipinski definition) is 6. The van der Waals surface area contributed by atoms with Crippen LogP contribution in [0, 0.1) is 0 Å². The second-order valence-corrected chi connectivity index (χ2v) is 5.88. The van der Waals surface area contributed by atoms with Crippen molar-refractivity contribution in [2.75, 3.05) is 45.9 Å². The van der Waals surface area contributed by atoms with Crippen LogP contribution in [0.2, 0.25) is 0 Å². The zero-order chi connectivity index (χ0) is 14.8. The van der Waals surface area contributed by atoms with E-state index in [2.05, 4.69) is 17.2 Å². The molecule has 0 aliphatic rings. The molecule has 1 aromatic rings. The summed E-state index contributed by atoms with van der Waals surface area (Å²) in [6.45, 7) is 5.63. The summed E-state index contributed by atoms with van der Waals surface area (Å²) >= 11 is 1.66. The highest BCUT2D eigenvalue weighted by atomic mass is 32.1. The maximum absolute atomic E-state index is 5.53. The van der Waals surface area contributed by atoms with Gasteiger partial charge in [0.2, 0.25) is 5.88 Å². The van der Waals surface area contributed by atoms with Crippen molar-refractivity contribution in [3.05, 3.63) is 4.88 Å². The molecule has 0 unspecified atom stereocenters. The summed E-state index contributed by atoms with van der Waals surface area (Å²) in [6, 6.07) is 0. The third-order valence-electron chi connectivity index (χ3n) is 2.80. The lowest BCUT2D eigenvalue weighted by Gasteiger charge is -2.05. The molecule has 6 heteroatoms. The SMILES string of the molecule is CCCCOCCCNCc1sc(N(C)C)nc1OC. The Morgan fingerprint density at radius 3 is 2.65 bits per heavy atom. The Hall–Kier alpha value is -0.850. The Balaban J connectivity index is 2.21. The Morgan fingerprint density at radius 1 is 1.25 bits per heavy atom. The van der Waals surface area contributed by atoms with Crippen molar-refractivity contribution in [3.8, 4) is 5.88 Å². The topological polar surface area (TPSA) is 46.6 Å². The number of hydrogen-bond donors (Lipinski definition) is 1. The standard InChI is InChI=1S/C14H27N3O2S/c1-5-6-9-19-10-7-8-15-11-12-13(18-4)16-14(20-12)17(2)3/h15H,5-11H2,1-4H3. The predicted octanol–water partition coefficient (Wildman–Crippen LogP) is 2.51. The van der Waals surface area contributed by atoms with Crippen LogP contribution in [0.4, 0.5) is 5.13 Å². The smallest absolute Gasteiger partial charge is 0.230 e. The van der Waals surface area contributed by atoms with Gasteiger partial charge in [0.15, 0.2) is 5.13 Å². The van der Waals surface area contributed by atoms with Crippen molar-refractivity contribution in [2.24, 2.45) is 0 Å². The number of rotatable bonds is 11. The summed E-state index contributed by atoms with van der Waals surface area (Å²) < 4.78 is 10.8. The van der Waals surface area contributed by atoms with Gasteiger partial charge in [-0.3, -0.25) is 0 Å². The third-order valence-corrected chi connectivity index (χ3v) is 4.00. The van der Waals surface area contributed by atoms with E-state index in [4.69, 9.17) is 9.47 Å². The molecular weight excluding hydrogens is 274 g/mol. The van der Waals surface area contributed by atoms with E-state index in [1.54, 1.807) is 18.4 Å². The minimum Gasteiger partial charge on any atom is -0.480 e. The molecule has 1 heterocycles. The lowest BCUT2D eigenvalue weighted by atomic mass is 10.3. The zero-order valence-electron chi connectivity index (χ0n) is 13.1. The Morgan fingerprint density at radius 2 is 2.00 bits per heavy atom. The number of anilines is 1. The fraction of sp³-hybridized carbons (Fsp3) is 0.786. The van der Waals surface area contributed by atoms with Gasteiger partial charge in [-0.25, -0.2) is 0 Å². The first-order chi connectivity index (χ1) is 9.69. The molecule has 1 N–H and O–H groups in total. The van der Waals surface area contributed by atoms with Crippen molar-refractivity contribution in [1.82, 2.24) is 10.3 Å². The van der Waals surface area contributed by atoms with Gasteiger partial charge < -0.3 is 19.7 Å². The lowest BCUT2D eigenvalue weighted by Crippen LogP contribution is -2.16. The summed E-state index contributed by atoms with van der Waals surface area (Å²) in [5, 5.41) is 4.39. The van der Waals surface area contributed by atoms with Crippen LogP contribution in [0.25, 0.3) is 0 Å². The van der Waals surface area contributed by atoms with Crippen LogP contribution in [0.1, 0.15) is 31.1 Å². The molecule has 0 spiro atoms. The highest BCUT2D eigenvalue weighted by Gasteiger charge is 2.12. The number of nitrogens with one attached hydrogen (secondary N) is 1. The van der Waals surface area contributed by atoms with E-state index < -0.39 is 0 Å². The van der Waals surface area contributed by atoms with Gasteiger partial charge in [-0.1, -0.05) is 24.7 Å². The molecule has 1 rings (SSSR count). The number of nitrogens with zero attached hydrogens (tertiary/aromatic N) is 2. The van der Waals surface area contributed by atoms with Crippen LogP contribution in [-0.4, -0.2) is 45.9 Å². The summed E-state index contributed by atoms with van der Waals surface area (Å²) in [5.41, 5.74) is 0. The molecular formula is C14H27N3O2S. The first-order valence-corrected chi connectivity index (χ1v) is 8.00. The minimum atomic E-state index is 0.727. The summed E-state index contributed by atoms with van der Waals surface area (Å²) in [4.78, 5) is 7.57. The van der Waals surface area contributed by atoms with Gasteiger partial charge in [0.1, 0.15) is 0 Å². The molecule has 0 aliphatic heterocycles. The van der Waals surface area contributed by atoms with Gasteiger partial charge in [0, 0.05) is 33.9 Å². The van der Waals surface area contributed by atoms with Crippen molar-refractivity contribution >= 4 is 16.5 Å². The zero-order valence-corrected chi connectivity index (χ0v) is 13.9. The van der Waals surface area contributed by atoms with Crippen LogP contribution >= 0.6 is 11.3 Å². The first kappa shape index (κ1) is 17.2. The summed E-state index contributed by atoms with van der Waals surface area (Å²) in [7, 11) is 5.64. The van der Waals surface area contributed by atoms with Crippen LogP contribution in [0.3, 0.4) is 0 Å². The van der Waals surface area contributed by atoms with Crippen LogP contribution in [0.5, 0.6) is 5.88 Å². The third kappa shape index (κ3) is 6.07. The average molecular weight is 301 g/mol. The van der Waals surface area contributed by atoms with Crippen LogP contribution in [-0.2, 0) is 11.3 Å². The highest BCUT2D eigenvalue weighted by molar-refractivity contribution is 7.15. The van der Waals surface area contributed by atoms with Gasteiger partial charge in [-0.05, 0) is 19.4 Å². The maximum Gasteiger partial charge on any atom is 0.230 e. The first-order valence-electron chi connectivity index (χ1n) is 7.18. The summed E-state index contributed by atoms with van der Waals surface area (Å²) in [5.74, 6) is 0.727. The molecule has 0 fully saturated rings. The molecule has 0 saturated heterocycles. The van der Waals surface area contributed by atoms with E-state index in [9.17, 15) is 0 Å². The number of thiazole rings is 1. The molecule has 0 saturated carbocycles. The van der Waals surface area contributed by atoms with Crippen molar-refractivity contribution in [3.63, 3.8) is 0 Å². The van der Waals surface area contributed by atoms with Crippen molar-refractivity contribution in [1.29, 1.82) is 0 Å². The number of methoxy groups -OCH3 is 1. The van der Waals surface area contributed by atoms with E-state index in [-0.39, 0.29) is 0 Å². The monoisotopic (exact) mass is 301 g/mol. The highest BCUT2D eigenvalue weighted by Crippen LogP contribution is 2.30. The van der Waals surface area contributed by atoms with Gasteiger partial charge >= 0.3 is 0 Å². The molecule has 0 amide bonds. The second kappa shape index (κ2) is 9.96. The van der Waals surface area contributed by atoms with E-state index in [0.717, 1.165) is 55.0 Å². The molecule has 116 valence electrons. The number of aromatic nitrogens is 1. The number of ether oxygens (including phenoxy) is 2. The van der Waals surface area contributed by atoms with E-state index >= 15 is 0 Å². The minimum absolute atomic E-state index is 0.727. The predicted molar refractivity (Wildman–Crippen MR) is 85.0 cm³/mol.